The molecule has 2 heterocycles. The van der Waals surface area contributed by atoms with Gasteiger partial charge in [-0.15, -0.1) is 0 Å². The molecule has 170 valence electrons. The lowest BCUT2D eigenvalue weighted by atomic mass is 10.0. The maximum absolute atomic E-state index is 13.1. The van der Waals surface area contributed by atoms with E-state index in [0.717, 1.165) is 4.90 Å². The van der Waals surface area contributed by atoms with E-state index in [1.165, 1.54) is 11.0 Å². The predicted octanol–water partition coefficient (Wildman–Crippen LogP) is 2.37. The van der Waals surface area contributed by atoms with Crippen LogP contribution in [0.3, 0.4) is 0 Å². The fraction of sp³-hybridized carbons (Fsp3) is 0.280. The number of ether oxygens (including phenoxy) is 1. The number of likely N-dealkylation sites (tertiary alicyclic amines) is 1. The molecule has 1 N–H and O–H groups in total. The highest BCUT2D eigenvalue weighted by molar-refractivity contribution is 6.23. The number of aliphatic hydroxyl groups excluding tert-OH is 1. The van der Waals surface area contributed by atoms with Crippen LogP contribution in [0.5, 0.6) is 0 Å². The molecule has 0 radical (unpaired) electrons. The minimum absolute atomic E-state index is 0.00982. The van der Waals surface area contributed by atoms with Gasteiger partial charge >= 0.3 is 5.97 Å². The lowest BCUT2D eigenvalue weighted by molar-refractivity contribution is -0.158. The van der Waals surface area contributed by atoms with E-state index in [0.29, 0.717) is 11.1 Å². The normalized spacial score (nSPS) is 18.4. The van der Waals surface area contributed by atoms with E-state index < -0.39 is 35.3 Å². The molecule has 4 rings (SSSR count). The summed E-state index contributed by atoms with van der Waals surface area (Å²) in [5.74, 6) is -2.26. The van der Waals surface area contributed by atoms with E-state index in [2.05, 4.69) is 0 Å². The third kappa shape index (κ3) is 4.17. The van der Waals surface area contributed by atoms with E-state index in [1.807, 2.05) is 0 Å². The Bertz CT molecular complexity index is 1140. The Kier molecular flexibility index (Phi) is 5.63. The van der Waals surface area contributed by atoms with Gasteiger partial charge < -0.3 is 14.7 Å². The highest BCUT2D eigenvalue weighted by atomic mass is 16.6. The smallest absolute Gasteiger partial charge is 0.355 e. The van der Waals surface area contributed by atoms with Crippen molar-refractivity contribution in [3.05, 3.63) is 76.5 Å². The molecule has 0 aliphatic carbocycles. The zero-order valence-electron chi connectivity index (χ0n) is 18.6. The molecule has 1 atom stereocenters. The second-order valence-corrected chi connectivity index (χ2v) is 8.92. The Balaban J connectivity index is 1.61. The second-order valence-electron chi connectivity index (χ2n) is 8.92. The van der Waals surface area contributed by atoms with Crippen LogP contribution in [-0.4, -0.2) is 56.8 Å². The summed E-state index contributed by atoms with van der Waals surface area (Å²) >= 11 is 0. The Labute approximate surface area is 191 Å². The molecule has 2 aromatic rings. The average molecular weight is 448 g/mol. The summed E-state index contributed by atoms with van der Waals surface area (Å²) in [4.78, 5) is 53.7. The van der Waals surface area contributed by atoms with Gasteiger partial charge in [-0.05, 0) is 50.1 Å². The van der Waals surface area contributed by atoms with E-state index >= 15 is 0 Å². The number of esters is 1. The van der Waals surface area contributed by atoms with Gasteiger partial charge in [-0.25, -0.2) is 4.79 Å². The Hall–Kier alpha value is -3.78. The molecule has 1 saturated heterocycles. The van der Waals surface area contributed by atoms with Gasteiger partial charge in [-0.2, -0.15) is 0 Å². The monoisotopic (exact) mass is 448 g/mol. The maximum Gasteiger partial charge on any atom is 0.355 e. The first-order chi connectivity index (χ1) is 15.6. The summed E-state index contributed by atoms with van der Waals surface area (Å²) < 4.78 is 5.49. The fourth-order valence-corrected chi connectivity index (χ4v) is 3.76. The average Bonchev–Trinajstić information content (AvgIpc) is 3.02. The Morgan fingerprint density at radius 1 is 1.03 bits per heavy atom. The summed E-state index contributed by atoms with van der Waals surface area (Å²) in [6.07, 6.45) is 1.52. The lowest BCUT2D eigenvalue weighted by Gasteiger charge is -2.42. The highest BCUT2D eigenvalue weighted by Gasteiger charge is 2.51. The Morgan fingerprint density at radius 2 is 1.61 bits per heavy atom. The summed E-state index contributed by atoms with van der Waals surface area (Å²) in [5.41, 5.74) is 1.09. The number of β-lactam (4-membered cyclic amide) rings is 1. The molecule has 0 saturated carbocycles. The number of carbonyl (C=O) groups excluding carboxylic acids is 4. The van der Waals surface area contributed by atoms with Crippen molar-refractivity contribution in [1.82, 2.24) is 9.80 Å². The summed E-state index contributed by atoms with van der Waals surface area (Å²) in [6.45, 7) is 5.04. The summed E-state index contributed by atoms with van der Waals surface area (Å²) in [7, 11) is 0. The van der Waals surface area contributed by atoms with Gasteiger partial charge in [0, 0.05) is 0 Å². The largest absolute Gasteiger partial charge is 0.455 e. The van der Waals surface area contributed by atoms with Crippen molar-refractivity contribution < 1.29 is 29.0 Å². The standard InChI is InChI=1S/C25H24N2O6/c1-25(2,3)33-24(32)19(12-15-8-10-16(14-28)11-9-15)26-13-20(23(26)31)27-21(29)17-6-4-5-7-18(17)22(27)30/h4-12,20,28H,13-14H2,1-3H3/b19-12-/t20-/m0/s1. The molecule has 2 aromatic carbocycles. The third-order valence-corrected chi connectivity index (χ3v) is 5.41. The van der Waals surface area contributed by atoms with Gasteiger partial charge in [-0.1, -0.05) is 36.4 Å². The number of hydrogen-bond donors (Lipinski definition) is 1. The minimum atomic E-state index is -0.986. The molecule has 0 unspecified atom stereocenters. The predicted molar refractivity (Wildman–Crippen MR) is 119 cm³/mol. The molecular formula is C25H24N2O6. The van der Waals surface area contributed by atoms with E-state index in [4.69, 9.17) is 4.74 Å². The number of rotatable bonds is 5. The third-order valence-electron chi connectivity index (χ3n) is 5.41. The zero-order valence-corrected chi connectivity index (χ0v) is 18.6. The highest BCUT2D eigenvalue weighted by Crippen LogP contribution is 2.31. The molecule has 33 heavy (non-hydrogen) atoms. The summed E-state index contributed by atoms with van der Waals surface area (Å²) in [6, 6.07) is 12.3. The lowest BCUT2D eigenvalue weighted by Crippen LogP contribution is -2.65. The van der Waals surface area contributed by atoms with Crippen LogP contribution in [0.25, 0.3) is 6.08 Å². The number of amides is 3. The first kappa shape index (κ1) is 22.4. The van der Waals surface area contributed by atoms with Gasteiger partial charge in [0.15, 0.2) is 0 Å². The molecule has 8 heteroatoms. The number of aliphatic hydroxyl groups is 1. The van der Waals surface area contributed by atoms with Crippen molar-refractivity contribution in [3.8, 4) is 0 Å². The Morgan fingerprint density at radius 3 is 2.09 bits per heavy atom. The van der Waals surface area contributed by atoms with Crippen molar-refractivity contribution in [2.45, 2.75) is 39.0 Å². The summed E-state index contributed by atoms with van der Waals surface area (Å²) in [5, 5.41) is 9.24. The zero-order chi connectivity index (χ0) is 23.9. The number of benzene rings is 2. The first-order valence-electron chi connectivity index (χ1n) is 10.5. The SMILES string of the molecule is CC(C)(C)OC(=O)/C(=C/c1ccc(CO)cc1)N1C[C@H](N2C(=O)c3ccccc3C2=O)C1=O. The first-order valence-corrected chi connectivity index (χ1v) is 10.5. The molecule has 2 aliphatic heterocycles. The van der Waals surface area contributed by atoms with E-state index in [1.54, 1.807) is 69.3 Å². The van der Waals surface area contributed by atoms with Crippen molar-refractivity contribution in [1.29, 1.82) is 0 Å². The molecule has 3 amide bonds. The van der Waals surface area contributed by atoms with Crippen molar-refractivity contribution in [2.24, 2.45) is 0 Å². The van der Waals surface area contributed by atoms with Crippen LogP contribution in [0.1, 0.15) is 52.6 Å². The van der Waals surface area contributed by atoms with Crippen LogP contribution in [0, 0.1) is 0 Å². The van der Waals surface area contributed by atoms with E-state index in [-0.39, 0.29) is 30.0 Å². The van der Waals surface area contributed by atoms with Gasteiger partial charge in [-0.3, -0.25) is 19.3 Å². The number of fused-ring (bicyclic) bond motifs is 1. The van der Waals surface area contributed by atoms with Crippen molar-refractivity contribution >= 4 is 29.8 Å². The molecule has 8 nitrogen and oxygen atoms in total. The van der Waals surface area contributed by atoms with Gasteiger partial charge in [0.05, 0.1) is 24.3 Å². The number of imide groups is 1. The van der Waals surface area contributed by atoms with Gasteiger partial charge in [0.1, 0.15) is 17.3 Å². The minimum Gasteiger partial charge on any atom is -0.455 e. The van der Waals surface area contributed by atoms with Crippen molar-refractivity contribution in [2.75, 3.05) is 6.54 Å². The second kappa shape index (κ2) is 8.29. The topological polar surface area (TPSA) is 104 Å². The van der Waals surface area contributed by atoms with Gasteiger partial charge in [0.25, 0.3) is 17.7 Å². The van der Waals surface area contributed by atoms with Gasteiger partial charge in [0.2, 0.25) is 0 Å². The molecule has 1 fully saturated rings. The van der Waals surface area contributed by atoms with Crippen LogP contribution < -0.4 is 0 Å². The maximum atomic E-state index is 13.1. The number of nitrogens with zero attached hydrogens (tertiary/aromatic N) is 2. The van der Waals surface area contributed by atoms with Crippen LogP contribution >= 0.6 is 0 Å². The van der Waals surface area contributed by atoms with Crippen LogP contribution in [0.4, 0.5) is 0 Å². The van der Waals surface area contributed by atoms with Crippen LogP contribution in [0.2, 0.25) is 0 Å². The van der Waals surface area contributed by atoms with Crippen LogP contribution in [-0.2, 0) is 20.9 Å². The fourth-order valence-electron chi connectivity index (χ4n) is 3.76. The quantitative estimate of drug-likeness (QED) is 0.326. The number of carbonyl (C=O) groups is 4. The molecule has 0 aromatic heterocycles. The molecule has 2 aliphatic rings. The molecule has 0 bridgehead atoms. The molecule has 0 spiro atoms. The van der Waals surface area contributed by atoms with E-state index in [9.17, 15) is 24.3 Å². The molecular weight excluding hydrogens is 424 g/mol. The van der Waals surface area contributed by atoms with Crippen LogP contribution in [0.15, 0.2) is 54.2 Å². The number of hydrogen-bond acceptors (Lipinski definition) is 6. The van der Waals surface area contributed by atoms with Crippen molar-refractivity contribution in [3.63, 3.8) is 0 Å².